The summed E-state index contributed by atoms with van der Waals surface area (Å²) in [5.74, 6) is 1.05. The standard InChI is InChI=1S/C12H15N5/c1-2-12(16-6-3-13-4-7-16)15-9-11(1)17-8-5-14-10-17/h1-2,5,8-10,13H,3-4,6-7H2. The lowest BCUT2D eigenvalue weighted by molar-refractivity contribution is 0.585. The molecular formula is C12H15N5. The second-order valence-electron chi connectivity index (χ2n) is 4.08. The van der Waals surface area contributed by atoms with Crippen LogP contribution < -0.4 is 10.2 Å². The summed E-state index contributed by atoms with van der Waals surface area (Å²) in [6, 6.07) is 4.15. The first-order valence-electron chi connectivity index (χ1n) is 5.83. The third kappa shape index (κ3) is 2.14. The number of hydrogen-bond acceptors (Lipinski definition) is 4. The highest BCUT2D eigenvalue weighted by atomic mass is 15.2. The number of piperazine rings is 1. The Kier molecular flexibility index (Phi) is 2.75. The Morgan fingerprint density at radius 3 is 2.71 bits per heavy atom. The normalized spacial score (nSPS) is 16.1. The topological polar surface area (TPSA) is 46.0 Å². The molecule has 5 nitrogen and oxygen atoms in total. The van der Waals surface area contributed by atoms with Crippen molar-refractivity contribution in [2.45, 2.75) is 0 Å². The van der Waals surface area contributed by atoms with E-state index in [-0.39, 0.29) is 0 Å². The van der Waals surface area contributed by atoms with Gasteiger partial charge in [0.2, 0.25) is 0 Å². The van der Waals surface area contributed by atoms with Crippen LogP contribution in [0.25, 0.3) is 5.69 Å². The predicted octanol–water partition coefficient (Wildman–Crippen LogP) is 0.677. The quantitative estimate of drug-likeness (QED) is 0.822. The second-order valence-corrected chi connectivity index (χ2v) is 4.08. The molecule has 1 aliphatic heterocycles. The minimum atomic E-state index is 1.03. The summed E-state index contributed by atoms with van der Waals surface area (Å²) < 4.78 is 1.95. The summed E-state index contributed by atoms with van der Waals surface area (Å²) in [5.41, 5.74) is 1.04. The summed E-state index contributed by atoms with van der Waals surface area (Å²) in [7, 11) is 0. The van der Waals surface area contributed by atoms with Gasteiger partial charge < -0.3 is 14.8 Å². The number of aromatic nitrogens is 3. The first kappa shape index (κ1) is 10.3. The van der Waals surface area contributed by atoms with Crippen molar-refractivity contribution in [2.75, 3.05) is 31.1 Å². The van der Waals surface area contributed by atoms with E-state index >= 15 is 0 Å². The van der Waals surface area contributed by atoms with Gasteiger partial charge in [-0.1, -0.05) is 0 Å². The van der Waals surface area contributed by atoms with E-state index in [4.69, 9.17) is 0 Å². The summed E-state index contributed by atoms with van der Waals surface area (Å²) in [6.07, 6.45) is 7.35. The fourth-order valence-electron chi connectivity index (χ4n) is 2.02. The Hall–Kier alpha value is -1.88. The fraction of sp³-hybridized carbons (Fsp3) is 0.333. The lowest BCUT2D eigenvalue weighted by Crippen LogP contribution is -2.43. The van der Waals surface area contributed by atoms with Crippen LogP contribution in [-0.4, -0.2) is 40.7 Å². The van der Waals surface area contributed by atoms with Crippen LogP contribution in [0.4, 0.5) is 5.82 Å². The minimum absolute atomic E-state index is 1.03. The van der Waals surface area contributed by atoms with Gasteiger partial charge in [-0.05, 0) is 12.1 Å². The van der Waals surface area contributed by atoms with Gasteiger partial charge in [0, 0.05) is 38.6 Å². The van der Waals surface area contributed by atoms with Gasteiger partial charge in [-0.3, -0.25) is 0 Å². The maximum atomic E-state index is 4.51. The van der Waals surface area contributed by atoms with Gasteiger partial charge in [-0.15, -0.1) is 0 Å². The zero-order valence-electron chi connectivity index (χ0n) is 9.58. The number of nitrogens with one attached hydrogen (secondary N) is 1. The molecule has 17 heavy (non-hydrogen) atoms. The van der Waals surface area contributed by atoms with E-state index in [0.717, 1.165) is 37.7 Å². The van der Waals surface area contributed by atoms with Gasteiger partial charge in [0.25, 0.3) is 0 Å². The van der Waals surface area contributed by atoms with Crippen LogP contribution in [0.15, 0.2) is 37.1 Å². The first-order valence-corrected chi connectivity index (χ1v) is 5.83. The zero-order chi connectivity index (χ0) is 11.5. The molecule has 0 radical (unpaired) electrons. The Bertz CT molecular complexity index is 456. The van der Waals surface area contributed by atoms with Gasteiger partial charge >= 0.3 is 0 Å². The Morgan fingerprint density at radius 1 is 1.18 bits per heavy atom. The van der Waals surface area contributed by atoms with Crippen LogP contribution in [0.5, 0.6) is 0 Å². The van der Waals surface area contributed by atoms with Crippen molar-refractivity contribution in [1.29, 1.82) is 0 Å². The maximum Gasteiger partial charge on any atom is 0.128 e. The largest absolute Gasteiger partial charge is 0.354 e. The molecular weight excluding hydrogens is 214 g/mol. The van der Waals surface area contributed by atoms with Crippen molar-refractivity contribution in [3.8, 4) is 5.69 Å². The zero-order valence-corrected chi connectivity index (χ0v) is 9.58. The summed E-state index contributed by atoms with van der Waals surface area (Å²) >= 11 is 0. The van der Waals surface area contributed by atoms with Gasteiger partial charge in [0.05, 0.1) is 18.2 Å². The molecule has 3 rings (SSSR count). The molecule has 1 saturated heterocycles. The van der Waals surface area contributed by atoms with E-state index in [1.54, 1.807) is 12.5 Å². The third-order valence-corrected chi connectivity index (χ3v) is 2.98. The van der Waals surface area contributed by atoms with Crippen molar-refractivity contribution in [1.82, 2.24) is 19.9 Å². The van der Waals surface area contributed by atoms with Crippen molar-refractivity contribution >= 4 is 5.82 Å². The molecule has 0 unspecified atom stereocenters. The van der Waals surface area contributed by atoms with Gasteiger partial charge in [0.1, 0.15) is 5.82 Å². The van der Waals surface area contributed by atoms with Crippen LogP contribution in [0.2, 0.25) is 0 Å². The Morgan fingerprint density at radius 2 is 2.06 bits per heavy atom. The molecule has 3 heterocycles. The highest BCUT2D eigenvalue weighted by Crippen LogP contribution is 2.13. The molecule has 5 heteroatoms. The molecule has 0 saturated carbocycles. The fourth-order valence-corrected chi connectivity index (χ4v) is 2.02. The van der Waals surface area contributed by atoms with E-state index in [2.05, 4.69) is 32.3 Å². The average Bonchev–Trinajstić information content (AvgIpc) is 2.94. The van der Waals surface area contributed by atoms with Crippen molar-refractivity contribution in [3.63, 3.8) is 0 Å². The highest BCUT2D eigenvalue weighted by Gasteiger charge is 2.11. The van der Waals surface area contributed by atoms with E-state index in [9.17, 15) is 0 Å². The molecule has 0 amide bonds. The Labute approximate surface area is 100 Å². The molecule has 1 aliphatic rings. The van der Waals surface area contributed by atoms with E-state index < -0.39 is 0 Å². The van der Waals surface area contributed by atoms with Crippen molar-refractivity contribution < 1.29 is 0 Å². The van der Waals surface area contributed by atoms with E-state index in [0.29, 0.717) is 0 Å². The Balaban J connectivity index is 1.80. The van der Waals surface area contributed by atoms with Crippen LogP contribution in [0.3, 0.4) is 0 Å². The second kappa shape index (κ2) is 4.55. The van der Waals surface area contributed by atoms with Crippen LogP contribution in [0, 0.1) is 0 Å². The summed E-state index contributed by atoms with van der Waals surface area (Å²) in [4.78, 5) is 10.8. The van der Waals surface area contributed by atoms with Crippen molar-refractivity contribution in [3.05, 3.63) is 37.1 Å². The van der Waals surface area contributed by atoms with Crippen LogP contribution in [0.1, 0.15) is 0 Å². The molecule has 0 bridgehead atoms. The SMILES string of the molecule is c1cn(-c2ccc(N3CCNCC3)nc2)cn1. The van der Waals surface area contributed by atoms with Gasteiger partial charge in [-0.25, -0.2) is 9.97 Å². The van der Waals surface area contributed by atoms with E-state index in [1.165, 1.54) is 0 Å². The van der Waals surface area contributed by atoms with Crippen LogP contribution in [-0.2, 0) is 0 Å². The molecule has 88 valence electrons. The number of nitrogens with zero attached hydrogens (tertiary/aromatic N) is 4. The molecule has 0 aliphatic carbocycles. The third-order valence-electron chi connectivity index (χ3n) is 2.98. The minimum Gasteiger partial charge on any atom is -0.354 e. The smallest absolute Gasteiger partial charge is 0.128 e. The monoisotopic (exact) mass is 229 g/mol. The molecule has 1 N–H and O–H groups in total. The number of hydrogen-bond donors (Lipinski definition) is 1. The van der Waals surface area contributed by atoms with Gasteiger partial charge in [-0.2, -0.15) is 0 Å². The first-order chi connectivity index (χ1) is 8.43. The number of rotatable bonds is 2. The van der Waals surface area contributed by atoms with Crippen LogP contribution >= 0.6 is 0 Å². The molecule has 0 spiro atoms. The van der Waals surface area contributed by atoms with E-state index in [1.807, 2.05) is 17.0 Å². The lowest BCUT2D eigenvalue weighted by atomic mass is 10.3. The average molecular weight is 229 g/mol. The van der Waals surface area contributed by atoms with Crippen molar-refractivity contribution in [2.24, 2.45) is 0 Å². The summed E-state index contributed by atoms with van der Waals surface area (Å²) in [6.45, 7) is 4.12. The number of imidazole rings is 1. The molecule has 0 atom stereocenters. The number of anilines is 1. The predicted molar refractivity (Wildman–Crippen MR) is 66.4 cm³/mol. The molecule has 0 aromatic carbocycles. The highest BCUT2D eigenvalue weighted by molar-refractivity contribution is 5.43. The molecule has 2 aromatic rings. The number of pyridine rings is 1. The maximum absolute atomic E-state index is 4.51. The molecule has 2 aromatic heterocycles. The lowest BCUT2D eigenvalue weighted by Gasteiger charge is -2.28. The summed E-state index contributed by atoms with van der Waals surface area (Å²) in [5, 5.41) is 3.34. The van der Waals surface area contributed by atoms with Gasteiger partial charge in [0.15, 0.2) is 0 Å². The molecule has 1 fully saturated rings.